The lowest BCUT2D eigenvalue weighted by atomic mass is 9.93. The number of hydrogen-bond acceptors (Lipinski definition) is 2. The first-order chi connectivity index (χ1) is 6.72. The van der Waals surface area contributed by atoms with Gasteiger partial charge in [0.15, 0.2) is 0 Å². The molecule has 0 aromatic carbocycles. The average Bonchev–Trinajstić information content (AvgIpc) is 2.97. The van der Waals surface area contributed by atoms with Gasteiger partial charge in [0, 0.05) is 19.1 Å². The minimum Gasteiger partial charge on any atom is -0.329 e. The highest BCUT2D eigenvalue weighted by Gasteiger charge is 2.28. The summed E-state index contributed by atoms with van der Waals surface area (Å²) in [6.45, 7) is 6.64. The van der Waals surface area contributed by atoms with E-state index < -0.39 is 0 Å². The molecule has 0 heterocycles. The molecule has 1 atom stereocenters. The van der Waals surface area contributed by atoms with Crippen LogP contribution in [0.5, 0.6) is 0 Å². The van der Waals surface area contributed by atoms with E-state index in [-0.39, 0.29) is 0 Å². The summed E-state index contributed by atoms with van der Waals surface area (Å²) >= 11 is 0. The van der Waals surface area contributed by atoms with Gasteiger partial charge in [-0.3, -0.25) is 0 Å². The van der Waals surface area contributed by atoms with Crippen LogP contribution in [-0.2, 0) is 0 Å². The van der Waals surface area contributed by atoms with Gasteiger partial charge >= 0.3 is 0 Å². The molecule has 2 nitrogen and oxygen atoms in total. The molecule has 1 fully saturated rings. The topological polar surface area (TPSA) is 29.3 Å². The van der Waals surface area contributed by atoms with E-state index in [1.165, 1.54) is 32.2 Å². The molecule has 0 aromatic rings. The Bertz CT molecular complexity index is 150. The fraction of sp³-hybridized carbons (Fsp3) is 1.00. The molecule has 0 radical (unpaired) electrons. The van der Waals surface area contributed by atoms with E-state index in [4.69, 9.17) is 5.73 Å². The number of nitrogens with two attached hydrogens (primary N) is 1. The highest BCUT2D eigenvalue weighted by molar-refractivity contribution is 4.82. The van der Waals surface area contributed by atoms with E-state index >= 15 is 0 Å². The predicted octanol–water partition coefficient (Wildman–Crippen LogP) is 2.09. The molecule has 0 aliphatic heterocycles. The molecule has 1 saturated carbocycles. The van der Waals surface area contributed by atoms with Crippen molar-refractivity contribution >= 4 is 0 Å². The van der Waals surface area contributed by atoms with Crippen molar-refractivity contribution < 1.29 is 0 Å². The maximum Gasteiger partial charge on any atom is 0.0243 e. The minimum atomic E-state index is 0.602. The number of rotatable bonds is 7. The van der Waals surface area contributed by atoms with Crippen LogP contribution in [0.25, 0.3) is 0 Å². The van der Waals surface area contributed by atoms with Crippen molar-refractivity contribution in [3.63, 3.8) is 0 Å². The van der Waals surface area contributed by atoms with Crippen molar-refractivity contribution in [2.45, 2.75) is 45.6 Å². The van der Waals surface area contributed by atoms with Gasteiger partial charge in [-0.25, -0.2) is 0 Å². The fourth-order valence-corrected chi connectivity index (χ4v) is 2.41. The Hall–Kier alpha value is -0.0800. The zero-order valence-corrected chi connectivity index (χ0v) is 10.00. The highest BCUT2D eigenvalue weighted by atomic mass is 15.1. The van der Waals surface area contributed by atoms with Crippen LogP contribution >= 0.6 is 0 Å². The van der Waals surface area contributed by atoms with Crippen molar-refractivity contribution in [1.82, 2.24) is 4.90 Å². The molecular formula is C12H26N2. The Kier molecular flexibility index (Phi) is 4.90. The van der Waals surface area contributed by atoms with Gasteiger partial charge in [0.1, 0.15) is 0 Å². The lowest BCUT2D eigenvalue weighted by molar-refractivity contribution is 0.166. The summed E-state index contributed by atoms with van der Waals surface area (Å²) in [7, 11) is 2.24. The molecular weight excluding hydrogens is 172 g/mol. The summed E-state index contributed by atoms with van der Waals surface area (Å²) in [6, 6.07) is 0.602. The molecule has 1 aliphatic carbocycles. The second-order valence-electron chi connectivity index (χ2n) is 4.76. The lowest BCUT2D eigenvalue weighted by Gasteiger charge is -2.33. The minimum absolute atomic E-state index is 0.602. The van der Waals surface area contributed by atoms with Gasteiger partial charge in [-0.2, -0.15) is 0 Å². The van der Waals surface area contributed by atoms with Crippen LogP contribution in [0.3, 0.4) is 0 Å². The molecule has 1 aliphatic rings. The molecule has 2 N–H and O–H groups in total. The summed E-state index contributed by atoms with van der Waals surface area (Å²) in [6.07, 6.45) is 5.38. The van der Waals surface area contributed by atoms with E-state index in [2.05, 4.69) is 25.8 Å². The molecule has 14 heavy (non-hydrogen) atoms. The van der Waals surface area contributed by atoms with Gasteiger partial charge < -0.3 is 10.6 Å². The molecule has 0 bridgehead atoms. The zero-order valence-electron chi connectivity index (χ0n) is 10.00. The van der Waals surface area contributed by atoms with Crippen LogP contribution in [0.1, 0.15) is 39.5 Å². The van der Waals surface area contributed by atoms with Gasteiger partial charge in [-0.1, -0.05) is 26.7 Å². The van der Waals surface area contributed by atoms with Gasteiger partial charge in [0.05, 0.1) is 0 Å². The molecule has 0 spiro atoms. The molecule has 1 unspecified atom stereocenters. The lowest BCUT2D eigenvalue weighted by Crippen LogP contribution is -2.44. The standard InChI is InChI=1S/C12H26N2/c1-4-11(5-2)12(8-13)14(3)9-10-6-7-10/h10-12H,4-9,13H2,1-3H3. The molecule has 0 saturated heterocycles. The third-order valence-electron chi connectivity index (χ3n) is 3.64. The zero-order chi connectivity index (χ0) is 10.6. The van der Waals surface area contributed by atoms with Crippen LogP contribution in [0.2, 0.25) is 0 Å². The van der Waals surface area contributed by atoms with Crippen LogP contribution in [-0.4, -0.2) is 31.1 Å². The third-order valence-corrected chi connectivity index (χ3v) is 3.64. The van der Waals surface area contributed by atoms with Crippen LogP contribution in [0.15, 0.2) is 0 Å². The first-order valence-electron chi connectivity index (χ1n) is 6.13. The van der Waals surface area contributed by atoms with Crippen LogP contribution in [0, 0.1) is 11.8 Å². The van der Waals surface area contributed by atoms with E-state index in [0.717, 1.165) is 18.4 Å². The summed E-state index contributed by atoms with van der Waals surface area (Å²) in [5.74, 6) is 1.76. The first-order valence-corrected chi connectivity index (χ1v) is 6.13. The molecule has 84 valence electrons. The SMILES string of the molecule is CCC(CC)C(CN)N(C)CC1CC1. The smallest absolute Gasteiger partial charge is 0.0243 e. The average molecular weight is 198 g/mol. The number of hydrogen-bond donors (Lipinski definition) is 1. The Morgan fingerprint density at radius 2 is 1.86 bits per heavy atom. The second-order valence-corrected chi connectivity index (χ2v) is 4.76. The predicted molar refractivity (Wildman–Crippen MR) is 62.3 cm³/mol. The quantitative estimate of drug-likeness (QED) is 0.679. The Morgan fingerprint density at radius 3 is 2.21 bits per heavy atom. The Labute approximate surface area is 88.8 Å². The fourth-order valence-electron chi connectivity index (χ4n) is 2.41. The van der Waals surface area contributed by atoms with E-state index in [0.29, 0.717) is 6.04 Å². The maximum atomic E-state index is 5.88. The van der Waals surface area contributed by atoms with E-state index in [1.54, 1.807) is 0 Å². The van der Waals surface area contributed by atoms with Crippen LogP contribution < -0.4 is 5.73 Å². The molecule has 1 rings (SSSR count). The number of likely N-dealkylation sites (N-methyl/N-ethyl adjacent to an activating group) is 1. The van der Waals surface area contributed by atoms with Crippen molar-refractivity contribution in [3.05, 3.63) is 0 Å². The van der Waals surface area contributed by atoms with Gasteiger partial charge in [0.25, 0.3) is 0 Å². The van der Waals surface area contributed by atoms with Crippen molar-refractivity contribution in [3.8, 4) is 0 Å². The summed E-state index contributed by atoms with van der Waals surface area (Å²) in [4.78, 5) is 2.50. The van der Waals surface area contributed by atoms with Crippen molar-refractivity contribution in [2.75, 3.05) is 20.1 Å². The Morgan fingerprint density at radius 1 is 1.29 bits per heavy atom. The van der Waals surface area contributed by atoms with Crippen LogP contribution in [0.4, 0.5) is 0 Å². The van der Waals surface area contributed by atoms with Gasteiger partial charge in [0.2, 0.25) is 0 Å². The summed E-state index contributed by atoms with van der Waals surface area (Å²) < 4.78 is 0. The molecule has 0 amide bonds. The largest absolute Gasteiger partial charge is 0.329 e. The molecule has 0 aromatic heterocycles. The number of nitrogens with zero attached hydrogens (tertiary/aromatic N) is 1. The van der Waals surface area contributed by atoms with Crippen molar-refractivity contribution in [1.29, 1.82) is 0 Å². The van der Waals surface area contributed by atoms with Gasteiger partial charge in [-0.15, -0.1) is 0 Å². The second kappa shape index (κ2) is 5.72. The summed E-state index contributed by atoms with van der Waals surface area (Å²) in [5.41, 5.74) is 5.88. The maximum absolute atomic E-state index is 5.88. The Balaban J connectivity index is 2.40. The normalized spacial score (nSPS) is 19.3. The monoisotopic (exact) mass is 198 g/mol. The summed E-state index contributed by atoms with van der Waals surface area (Å²) in [5, 5.41) is 0. The van der Waals surface area contributed by atoms with E-state index in [9.17, 15) is 0 Å². The molecule has 2 heteroatoms. The van der Waals surface area contributed by atoms with Gasteiger partial charge in [-0.05, 0) is 31.7 Å². The van der Waals surface area contributed by atoms with Crippen molar-refractivity contribution in [2.24, 2.45) is 17.6 Å². The first kappa shape index (κ1) is 12.0. The third kappa shape index (κ3) is 3.25. The highest BCUT2D eigenvalue weighted by Crippen LogP contribution is 2.30. The van der Waals surface area contributed by atoms with E-state index in [1.807, 2.05) is 0 Å².